The van der Waals surface area contributed by atoms with Crippen molar-refractivity contribution in [1.82, 2.24) is 0 Å². The Bertz CT molecular complexity index is 752. The van der Waals surface area contributed by atoms with Crippen LogP contribution in [-0.4, -0.2) is 36.2 Å². The Hall–Kier alpha value is -1.68. The van der Waals surface area contributed by atoms with Gasteiger partial charge < -0.3 is 14.6 Å². The minimum atomic E-state index is -0.660. The molecule has 2 rings (SSSR count). The van der Waals surface area contributed by atoms with Crippen LogP contribution in [0.3, 0.4) is 0 Å². The van der Waals surface area contributed by atoms with E-state index in [1.807, 2.05) is 49.4 Å². The lowest BCUT2D eigenvalue weighted by Crippen LogP contribution is -2.20. The van der Waals surface area contributed by atoms with E-state index in [1.54, 1.807) is 0 Å². The van der Waals surface area contributed by atoms with Crippen molar-refractivity contribution >= 4 is 23.2 Å². The highest BCUT2D eigenvalue weighted by molar-refractivity contribution is 6.19. The Morgan fingerprint density at radius 2 is 1.46 bits per heavy atom. The summed E-state index contributed by atoms with van der Waals surface area (Å²) < 4.78 is 11.3. The zero-order chi connectivity index (χ0) is 20.6. The molecular formula is C23H28Cl2O3. The van der Waals surface area contributed by atoms with E-state index in [-0.39, 0.29) is 17.9 Å². The van der Waals surface area contributed by atoms with Gasteiger partial charge in [-0.3, -0.25) is 0 Å². The van der Waals surface area contributed by atoms with Gasteiger partial charge in [0.15, 0.2) is 0 Å². The molecule has 2 aromatic carbocycles. The maximum absolute atomic E-state index is 9.49. The maximum atomic E-state index is 9.49. The molecule has 0 heterocycles. The Kier molecular flexibility index (Phi) is 8.68. The average Bonchev–Trinajstić information content (AvgIpc) is 2.73. The van der Waals surface area contributed by atoms with Gasteiger partial charge in [0.25, 0.3) is 0 Å². The predicted octanol–water partition coefficient (Wildman–Crippen LogP) is 5.55. The van der Waals surface area contributed by atoms with Crippen LogP contribution in [0.2, 0.25) is 0 Å². The van der Waals surface area contributed by atoms with Gasteiger partial charge in [-0.25, -0.2) is 0 Å². The molecule has 28 heavy (non-hydrogen) atoms. The van der Waals surface area contributed by atoms with Crippen LogP contribution in [0.5, 0.6) is 11.5 Å². The third-order valence-corrected chi connectivity index (χ3v) is 5.48. The van der Waals surface area contributed by atoms with Crippen LogP contribution in [0.15, 0.2) is 60.2 Å². The summed E-state index contributed by atoms with van der Waals surface area (Å²) in [5, 5.41) is 9.49. The standard InChI is InChI=1S/C23H28Cl2O3/c1-4-17(13-24)15-27-21-9-5-18(6-10-21)23(2,3)19-7-11-22(12-8-19)28-16-20(26)14-25/h4-12,20,26H,13-16H2,1-3H3/b17-4+. The van der Waals surface area contributed by atoms with Crippen LogP contribution in [0.1, 0.15) is 31.9 Å². The van der Waals surface area contributed by atoms with E-state index in [1.165, 1.54) is 11.1 Å². The lowest BCUT2D eigenvalue weighted by atomic mass is 9.78. The summed E-state index contributed by atoms with van der Waals surface area (Å²) in [7, 11) is 0. The van der Waals surface area contributed by atoms with Crippen LogP contribution in [-0.2, 0) is 5.41 Å². The molecule has 0 saturated carbocycles. The smallest absolute Gasteiger partial charge is 0.119 e. The minimum Gasteiger partial charge on any atom is -0.491 e. The monoisotopic (exact) mass is 422 g/mol. The number of hydrogen-bond donors (Lipinski definition) is 1. The normalized spacial score (nSPS) is 13.3. The molecule has 0 spiro atoms. The van der Waals surface area contributed by atoms with Crippen LogP contribution in [0.4, 0.5) is 0 Å². The summed E-state index contributed by atoms with van der Waals surface area (Å²) >= 11 is 11.4. The molecule has 0 aliphatic rings. The van der Waals surface area contributed by atoms with E-state index in [4.69, 9.17) is 32.7 Å². The summed E-state index contributed by atoms with van der Waals surface area (Å²) in [5.41, 5.74) is 3.25. The van der Waals surface area contributed by atoms with Crippen molar-refractivity contribution in [3.05, 3.63) is 71.3 Å². The highest BCUT2D eigenvalue weighted by Gasteiger charge is 2.23. The van der Waals surface area contributed by atoms with Crippen molar-refractivity contribution in [1.29, 1.82) is 0 Å². The van der Waals surface area contributed by atoms with Crippen molar-refractivity contribution in [2.24, 2.45) is 0 Å². The van der Waals surface area contributed by atoms with Crippen molar-refractivity contribution in [3.8, 4) is 11.5 Å². The third-order valence-electron chi connectivity index (χ3n) is 4.78. The molecule has 0 fully saturated rings. The Balaban J connectivity index is 2.05. The molecule has 2 aromatic rings. The number of alkyl halides is 2. The Labute approximate surface area is 177 Å². The molecule has 0 aliphatic carbocycles. The van der Waals surface area contributed by atoms with Gasteiger partial charge in [0.1, 0.15) is 30.8 Å². The number of aliphatic hydroxyl groups is 1. The van der Waals surface area contributed by atoms with Crippen molar-refractivity contribution < 1.29 is 14.6 Å². The molecule has 1 N–H and O–H groups in total. The van der Waals surface area contributed by atoms with E-state index in [0.29, 0.717) is 18.2 Å². The molecule has 152 valence electrons. The van der Waals surface area contributed by atoms with Crippen LogP contribution in [0, 0.1) is 0 Å². The summed E-state index contributed by atoms with van der Waals surface area (Å²) in [5.74, 6) is 2.18. The first-order valence-electron chi connectivity index (χ1n) is 9.31. The number of hydrogen-bond acceptors (Lipinski definition) is 3. The lowest BCUT2D eigenvalue weighted by molar-refractivity contribution is 0.125. The molecule has 1 unspecified atom stereocenters. The molecular weight excluding hydrogens is 395 g/mol. The van der Waals surface area contributed by atoms with E-state index < -0.39 is 6.10 Å². The maximum Gasteiger partial charge on any atom is 0.119 e. The largest absolute Gasteiger partial charge is 0.491 e. The SMILES string of the molecule is C/C=C(\CCl)COc1ccc(C(C)(C)c2ccc(OCC(O)CCl)cc2)cc1. The minimum absolute atomic E-state index is 0.159. The summed E-state index contributed by atoms with van der Waals surface area (Å²) in [6.45, 7) is 7.01. The van der Waals surface area contributed by atoms with E-state index >= 15 is 0 Å². The van der Waals surface area contributed by atoms with E-state index in [9.17, 15) is 5.11 Å². The quantitative estimate of drug-likeness (QED) is 0.402. The highest BCUT2D eigenvalue weighted by Crippen LogP contribution is 2.33. The number of halogens is 2. The predicted molar refractivity (Wildman–Crippen MR) is 117 cm³/mol. The number of rotatable bonds is 10. The van der Waals surface area contributed by atoms with Gasteiger partial charge in [0.05, 0.1) is 5.88 Å². The summed E-state index contributed by atoms with van der Waals surface area (Å²) in [6, 6.07) is 16.1. The van der Waals surface area contributed by atoms with Gasteiger partial charge in [-0.05, 0) is 47.9 Å². The molecule has 0 bridgehead atoms. The topological polar surface area (TPSA) is 38.7 Å². The molecule has 0 radical (unpaired) electrons. The zero-order valence-electron chi connectivity index (χ0n) is 16.6. The molecule has 0 saturated heterocycles. The fourth-order valence-electron chi connectivity index (χ4n) is 2.71. The number of benzene rings is 2. The number of aliphatic hydroxyl groups excluding tert-OH is 1. The lowest BCUT2D eigenvalue weighted by Gasteiger charge is -2.26. The molecule has 0 aromatic heterocycles. The van der Waals surface area contributed by atoms with Gasteiger partial charge in [-0.1, -0.05) is 44.2 Å². The van der Waals surface area contributed by atoms with Gasteiger partial charge in [-0.15, -0.1) is 23.2 Å². The average molecular weight is 423 g/mol. The first kappa shape index (κ1) is 22.6. The number of allylic oxidation sites excluding steroid dienone is 1. The van der Waals surface area contributed by atoms with Crippen molar-refractivity contribution in [3.63, 3.8) is 0 Å². The van der Waals surface area contributed by atoms with Crippen LogP contribution in [0.25, 0.3) is 0 Å². The number of ether oxygens (including phenoxy) is 2. The first-order valence-corrected chi connectivity index (χ1v) is 10.4. The fraction of sp³-hybridized carbons (Fsp3) is 0.391. The fourth-order valence-corrected chi connectivity index (χ4v) is 3.03. The van der Waals surface area contributed by atoms with Crippen molar-refractivity contribution in [2.75, 3.05) is 25.0 Å². The molecule has 0 aliphatic heterocycles. The third kappa shape index (κ3) is 6.16. The molecule has 1 atom stereocenters. The molecule has 0 amide bonds. The second-order valence-electron chi connectivity index (χ2n) is 7.16. The van der Waals surface area contributed by atoms with Gasteiger partial charge >= 0.3 is 0 Å². The second-order valence-corrected chi connectivity index (χ2v) is 7.74. The van der Waals surface area contributed by atoms with E-state index in [0.717, 1.165) is 11.3 Å². The van der Waals surface area contributed by atoms with E-state index in [2.05, 4.69) is 26.0 Å². The molecule has 5 heteroatoms. The summed E-state index contributed by atoms with van der Waals surface area (Å²) in [6.07, 6.45) is 1.32. The van der Waals surface area contributed by atoms with Crippen LogP contribution >= 0.6 is 23.2 Å². The van der Waals surface area contributed by atoms with Crippen LogP contribution < -0.4 is 9.47 Å². The highest BCUT2D eigenvalue weighted by atomic mass is 35.5. The van der Waals surface area contributed by atoms with Gasteiger partial charge in [0, 0.05) is 11.3 Å². The molecule has 3 nitrogen and oxygen atoms in total. The first-order chi connectivity index (χ1) is 13.4. The zero-order valence-corrected chi connectivity index (χ0v) is 18.1. The van der Waals surface area contributed by atoms with Crippen molar-refractivity contribution in [2.45, 2.75) is 32.3 Å². The second kappa shape index (κ2) is 10.8. The Morgan fingerprint density at radius 3 is 1.89 bits per heavy atom. The Morgan fingerprint density at radius 1 is 0.964 bits per heavy atom. The van der Waals surface area contributed by atoms with Gasteiger partial charge in [0.2, 0.25) is 0 Å². The summed E-state index contributed by atoms with van der Waals surface area (Å²) in [4.78, 5) is 0. The van der Waals surface area contributed by atoms with Gasteiger partial charge in [-0.2, -0.15) is 0 Å².